The molecular weight excluding hydrogens is 358 g/mol. The molecule has 1 aromatic carbocycles. The highest BCUT2D eigenvalue weighted by Crippen LogP contribution is 2.25. The molecule has 1 saturated heterocycles. The first kappa shape index (κ1) is 18.0. The zero-order chi connectivity index (χ0) is 18.7. The Morgan fingerprint density at radius 1 is 1.19 bits per heavy atom. The summed E-state index contributed by atoms with van der Waals surface area (Å²) >= 11 is 0. The molecule has 1 atom stereocenters. The van der Waals surface area contributed by atoms with Crippen LogP contribution in [0.2, 0.25) is 0 Å². The summed E-state index contributed by atoms with van der Waals surface area (Å²) in [7, 11) is -3.23. The number of nitrogens with one attached hydrogen (secondary N) is 2. The van der Waals surface area contributed by atoms with E-state index >= 15 is 0 Å². The lowest BCUT2D eigenvalue weighted by molar-refractivity contribution is -0.117. The summed E-state index contributed by atoms with van der Waals surface area (Å²) in [4.78, 5) is 24.1. The summed E-state index contributed by atoms with van der Waals surface area (Å²) in [6.07, 6.45) is 3.28. The maximum absolute atomic E-state index is 12.2. The minimum atomic E-state index is -3.23. The van der Waals surface area contributed by atoms with Crippen molar-refractivity contribution in [2.24, 2.45) is 0 Å². The van der Waals surface area contributed by atoms with Crippen molar-refractivity contribution in [3.8, 4) is 0 Å². The molecule has 1 aliphatic heterocycles. The molecule has 3 rings (SSSR count). The van der Waals surface area contributed by atoms with Crippen molar-refractivity contribution in [2.45, 2.75) is 19.4 Å². The lowest BCUT2D eigenvalue weighted by atomic mass is 10.2. The number of hydrogen-bond acceptors (Lipinski definition) is 5. The predicted octanol–water partition coefficient (Wildman–Crippen LogP) is 1.58. The average molecular weight is 377 g/mol. The van der Waals surface area contributed by atoms with E-state index in [1.165, 1.54) is 22.9 Å². The van der Waals surface area contributed by atoms with Gasteiger partial charge in [-0.05, 0) is 43.7 Å². The van der Waals surface area contributed by atoms with Crippen LogP contribution in [0.3, 0.4) is 0 Å². The van der Waals surface area contributed by atoms with Gasteiger partial charge in [-0.25, -0.2) is 8.42 Å². The van der Waals surface area contributed by atoms with E-state index in [1.54, 1.807) is 31.2 Å². The fourth-order valence-corrected chi connectivity index (χ4v) is 4.19. The summed E-state index contributed by atoms with van der Waals surface area (Å²) < 4.78 is 30.0. The van der Waals surface area contributed by atoms with Crippen LogP contribution in [0.1, 0.15) is 23.7 Å². The molecule has 0 bridgehead atoms. The number of anilines is 2. The first-order valence-electron chi connectivity index (χ1n) is 8.11. The third kappa shape index (κ3) is 3.88. The van der Waals surface area contributed by atoms with Crippen LogP contribution in [-0.4, -0.2) is 38.6 Å². The molecule has 138 valence electrons. The number of hydrogen-bond donors (Lipinski definition) is 2. The average Bonchev–Trinajstić information content (AvgIpc) is 3.25. The summed E-state index contributed by atoms with van der Waals surface area (Å²) in [6, 6.07) is 7.30. The van der Waals surface area contributed by atoms with Gasteiger partial charge in [0.05, 0.1) is 23.3 Å². The fraction of sp³-hybridized carbons (Fsp3) is 0.294. The van der Waals surface area contributed by atoms with Crippen LogP contribution >= 0.6 is 0 Å². The van der Waals surface area contributed by atoms with Gasteiger partial charge in [0.2, 0.25) is 15.9 Å². The number of carbonyl (C=O) groups is 2. The van der Waals surface area contributed by atoms with Gasteiger partial charge in [0.15, 0.2) is 0 Å². The zero-order valence-corrected chi connectivity index (χ0v) is 15.0. The van der Waals surface area contributed by atoms with Crippen molar-refractivity contribution in [1.82, 2.24) is 5.32 Å². The van der Waals surface area contributed by atoms with Gasteiger partial charge in [-0.15, -0.1) is 0 Å². The lowest BCUT2D eigenvalue weighted by Crippen LogP contribution is -2.41. The molecule has 1 unspecified atom stereocenters. The van der Waals surface area contributed by atoms with E-state index in [4.69, 9.17) is 4.42 Å². The van der Waals surface area contributed by atoms with Crippen molar-refractivity contribution >= 4 is 33.2 Å². The first-order chi connectivity index (χ1) is 12.4. The molecule has 2 N–H and O–H groups in total. The Bertz CT molecular complexity index is 891. The zero-order valence-electron chi connectivity index (χ0n) is 14.1. The van der Waals surface area contributed by atoms with Gasteiger partial charge in [0, 0.05) is 12.2 Å². The molecule has 1 fully saturated rings. The van der Waals surface area contributed by atoms with Gasteiger partial charge in [-0.1, -0.05) is 0 Å². The van der Waals surface area contributed by atoms with Crippen LogP contribution in [0.15, 0.2) is 47.3 Å². The van der Waals surface area contributed by atoms with Gasteiger partial charge in [-0.3, -0.25) is 13.9 Å². The molecule has 8 nitrogen and oxygen atoms in total. The van der Waals surface area contributed by atoms with Crippen molar-refractivity contribution in [2.75, 3.05) is 21.9 Å². The molecule has 0 spiro atoms. The van der Waals surface area contributed by atoms with E-state index in [0.29, 0.717) is 29.9 Å². The standard InChI is InChI=1S/C17H19N3O5S/c1-12(18-17(22)13-7-9-25-11-13)16(21)19-14-3-5-15(6-4-14)20-8-2-10-26(20,23)24/h3-7,9,11-12H,2,8,10H2,1H3,(H,18,22)(H,19,21). The maximum Gasteiger partial charge on any atom is 0.255 e. The number of carbonyl (C=O) groups excluding carboxylic acids is 2. The number of amides is 2. The predicted molar refractivity (Wildman–Crippen MR) is 96.5 cm³/mol. The summed E-state index contributed by atoms with van der Waals surface area (Å²) in [5.74, 6) is -0.640. The van der Waals surface area contributed by atoms with Crippen LogP contribution in [-0.2, 0) is 14.8 Å². The second-order valence-corrected chi connectivity index (χ2v) is 8.00. The lowest BCUT2D eigenvalue weighted by Gasteiger charge is -2.18. The van der Waals surface area contributed by atoms with E-state index < -0.39 is 22.0 Å². The number of benzene rings is 1. The Balaban J connectivity index is 1.60. The Morgan fingerprint density at radius 3 is 2.50 bits per heavy atom. The van der Waals surface area contributed by atoms with Gasteiger partial charge >= 0.3 is 0 Å². The second kappa shape index (κ2) is 7.20. The molecular formula is C17H19N3O5S. The van der Waals surface area contributed by atoms with Gasteiger partial charge in [-0.2, -0.15) is 0 Å². The van der Waals surface area contributed by atoms with E-state index in [2.05, 4.69) is 10.6 Å². The molecule has 1 aromatic heterocycles. The smallest absolute Gasteiger partial charge is 0.255 e. The molecule has 0 aliphatic carbocycles. The molecule has 0 radical (unpaired) electrons. The third-order valence-electron chi connectivity index (χ3n) is 4.05. The van der Waals surface area contributed by atoms with Crippen molar-refractivity contribution < 1.29 is 22.4 Å². The monoisotopic (exact) mass is 377 g/mol. The summed E-state index contributed by atoms with van der Waals surface area (Å²) in [5.41, 5.74) is 1.42. The van der Waals surface area contributed by atoms with Crippen LogP contribution in [0.5, 0.6) is 0 Å². The van der Waals surface area contributed by atoms with Crippen LogP contribution in [0.25, 0.3) is 0 Å². The number of furan rings is 1. The van der Waals surface area contributed by atoms with Crippen LogP contribution < -0.4 is 14.9 Å². The molecule has 2 heterocycles. The number of nitrogens with zero attached hydrogens (tertiary/aromatic N) is 1. The first-order valence-corrected chi connectivity index (χ1v) is 9.72. The minimum absolute atomic E-state index is 0.152. The fourth-order valence-electron chi connectivity index (χ4n) is 2.63. The minimum Gasteiger partial charge on any atom is -0.472 e. The van der Waals surface area contributed by atoms with Gasteiger partial charge in [0.25, 0.3) is 5.91 Å². The van der Waals surface area contributed by atoms with Crippen LogP contribution in [0.4, 0.5) is 11.4 Å². The Labute approximate surface area is 151 Å². The third-order valence-corrected chi connectivity index (χ3v) is 5.92. The Morgan fingerprint density at radius 2 is 1.92 bits per heavy atom. The van der Waals surface area contributed by atoms with Crippen LogP contribution in [0, 0.1) is 0 Å². The van der Waals surface area contributed by atoms with E-state index in [9.17, 15) is 18.0 Å². The summed E-state index contributed by atoms with van der Waals surface area (Å²) in [5, 5.41) is 5.26. The normalized spacial score (nSPS) is 16.9. The number of rotatable bonds is 5. The SMILES string of the molecule is CC(NC(=O)c1ccoc1)C(=O)Nc1ccc(N2CCCS2(=O)=O)cc1. The topological polar surface area (TPSA) is 109 Å². The molecule has 2 amide bonds. The number of sulfonamides is 1. The largest absolute Gasteiger partial charge is 0.472 e. The molecule has 2 aromatic rings. The van der Waals surface area contributed by atoms with Crippen molar-refractivity contribution in [3.63, 3.8) is 0 Å². The van der Waals surface area contributed by atoms with E-state index in [0.717, 1.165) is 0 Å². The molecule has 1 aliphatic rings. The highest BCUT2D eigenvalue weighted by atomic mass is 32.2. The van der Waals surface area contributed by atoms with E-state index in [1.807, 2.05) is 0 Å². The molecule has 26 heavy (non-hydrogen) atoms. The van der Waals surface area contributed by atoms with Gasteiger partial charge < -0.3 is 15.1 Å². The second-order valence-electron chi connectivity index (χ2n) is 5.98. The Hall–Kier alpha value is -2.81. The quantitative estimate of drug-likeness (QED) is 0.822. The summed E-state index contributed by atoms with van der Waals surface area (Å²) in [6.45, 7) is 2.03. The maximum atomic E-state index is 12.2. The van der Waals surface area contributed by atoms with Crippen molar-refractivity contribution in [3.05, 3.63) is 48.4 Å². The highest BCUT2D eigenvalue weighted by molar-refractivity contribution is 7.93. The van der Waals surface area contributed by atoms with Crippen molar-refractivity contribution in [1.29, 1.82) is 0 Å². The molecule has 9 heteroatoms. The Kier molecular flexibility index (Phi) is 4.99. The van der Waals surface area contributed by atoms with E-state index in [-0.39, 0.29) is 11.7 Å². The van der Waals surface area contributed by atoms with Gasteiger partial charge in [0.1, 0.15) is 12.3 Å². The highest BCUT2D eigenvalue weighted by Gasteiger charge is 2.28. The molecule has 0 saturated carbocycles.